The first-order chi connectivity index (χ1) is 18.1. The van der Waals surface area contributed by atoms with Gasteiger partial charge < -0.3 is 14.8 Å². The molecule has 1 N–H and O–H groups in total. The van der Waals surface area contributed by atoms with E-state index in [9.17, 15) is 9.18 Å². The Bertz CT molecular complexity index is 1560. The molecule has 5 aromatic rings. The fourth-order valence-corrected chi connectivity index (χ4v) is 5.09. The molecule has 0 unspecified atom stereocenters. The molecular weight excluding hydrogens is 465 g/mol. The minimum atomic E-state index is -0.518. The van der Waals surface area contributed by atoms with Gasteiger partial charge in [0, 0.05) is 17.4 Å². The Morgan fingerprint density at radius 2 is 1.73 bits per heavy atom. The predicted molar refractivity (Wildman–Crippen MR) is 142 cm³/mol. The van der Waals surface area contributed by atoms with Gasteiger partial charge in [-0.2, -0.15) is 5.10 Å². The van der Waals surface area contributed by atoms with Crippen LogP contribution >= 0.6 is 0 Å². The van der Waals surface area contributed by atoms with E-state index in [1.165, 1.54) is 12.1 Å². The molecule has 7 heteroatoms. The van der Waals surface area contributed by atoms with Crippen molar-refractivity contribution in [1.29, 1.82) is 0 Å². The second-order valence-electron chi connectivity index (χ2n) is 9.03. The van der Waals surface area contributed by atoms with E-state index >= 15 is 0 Å². The van der Waals surface area contributed by atoms with Crippen LogP contribution in [0.3, 0.4) is 0 Å². The molecule has 3 aromatic carbocycles. The molecule has 37 heavy (non-hydrogen) atoms. The lowest BCUT2D eigenvalue weighted by Gasteiger charge is -2.31. The van der Waals surface area contributed by atoms with Crippen LogP contribution in [0.15, 0.2) is 103 Å². The number of aromatic nitrogens is 3. The molecule has 1 aliphatic rings. The van der Waals surface area contributed by atoms with E-state index in [-0.39, 0.29) is 11.8 Å². The number of nitrogens with zero attached hydrogens (tertiary/aromatic N) is 4. The summed E-state index contributed by atoms with van der Waals surface area (Å²) in [6.07, 6.45) is 2.69. The highest BCUT2D eigenvalue weighted by molar-refractivity contribution is 5.90. The van der Waals surface area contributed by atoms with Crippen molar-refractivity contribution in [3.8, 4) is 11.5 Å². The smallest absolute Gasteiger partial charge is 0.308 e. The fraction of sp³-hybridized carbons (Fsp3) is 0.133. The molecule has 0 fully saturated rings. The number of carbonyl (C=O) groups is 1. The molecule has 0 bridgehead atoms. The summed E-state index contributed by atoms with van der Waals surface area (Å²) in [5.41, 5.74) is 5.06. The van der Waals surface area contributed by atoms with Crippen LogP contribution in [0.2, 0.25) is 0 Å². The van der Waals surface area contributed by atoms with Crippen LogP contribution in [-0.4, -0.2) is 25.3 Å². The van der Waals surface area contributed by atoms with Crippen molar-refractivity contribution in [2.45, 2.75) is 25.9 Å². The number of halogens is 1. The number of nitrogens with one attached hydrogen (secondary N) is 1. The summed E-state index contributed by atoms with van der Waals surface area (Å²) < 4.78 is 18.5. The van der Waals surface area contributed by atoms with Crippen molar-refractivity contribution in [2.24, 2.45) is 0 Å². The molecule has 1 atom stereocenters. The quantitative estimate of drug-likeness (QED) is 0.312. The molecule has 3 heterocycles. The number of rotatable bonds is 4. The zero-order chi connectivity index (χ0) is 25.4. The van der Waals surface area contributed by atoms with E-state index < -0.39 is 6.04 Å². The Kier molecular flexibility index (Phi) is 5.81. The zero-order valence-corrected chi connectivity index (χ0v) is 20.4. The van der Waals surface area contributed by atoms with E-state index in [1.54, 1.807) is 11.0 Å². The van der Waals surface area contributed by atoms with Crippen LogP contribution < -0.4 is 5.32 Å². The molecule has 6 rings (SSSR count). The average molecular weight is 492 g/mol. The molecule has 0 radical (unpaired) electrons. The average Bonchev–Trinajstić information content (AvgIpc) is 3.51. The number of anilines is 1. The number of carbonyl (C=O) groups excluding carboxylic acids is 1. The van der Waals surface area contributed by atoms with Crippen LogP contribution in [0.25, 0.3) is 11.5 Å². The highest BCUT2D eigenvalue weighted by Gasteiger charge is 2.36. The summed E-state index contributed by atoms with van der Waals surface area (Å²) in [4.78, 5) is 15.7. The van der Waals surface area contributed by atoms with Gasteiger partial charge in [0.05, 0.1) is 29.7 Å². The molecule has 1 aliphatic heterocycles. The van der Waals surface area contributed by atoms with Crippen molar-refractivity contribution in [1.82, 2.24) is 19.2 Å². The summed E-state index contributed by atoms with van der Waals surface area (Å²) in [6.45, 7) is 2.38. The van der Waals surface area contributed by atoms with Crippen molar-refractivity contribution < 1.29 is 9.18 Å². The molecule has 0 spiro atoms. The third-order valence-corrected chi connectivity index (χ3v) is 6.75. The maximum absolute atomic E-state index is 14.5. The molecule has 0 saturated carbocycles. The predicted octanol–water partition coefficient (Wildman–Crippen LogP) is 6.50. The van der Waals surface area contributed by atoms with E-state index in [0.717, 1.165) is 28.5 Å². The Morgan fingerprint density at radius 1 is 0.973 bits per heavy atom. The van der Waals surface area contributed by atoms with Gasteiger partial charge in [-0.05, 0) is 60.5 Å². The second-order valence-corrected chi connectivity index (χ2v) is 9.03. The van der Waals surface area contributed by atoms with Gasteiger partial charge in [-0.1, -0.05) is 55.5 Å². The van der Waals surface area contributed by atoms with Crippen LogP contribution in [0.1, 0.15) is 35.5 Å². The molecule has 0 saturated heterocycles. The normalized spacial score (nSPS) is 14.5. The lowest BCUT2D eigenvalue weighted by Crippen LogP contribution is -2.38. The largest absolute Gasteiger partial charge is 0.322 e. The Morgan fingerprint density at radius 3 is 2.46 bits per heavy atom. The lowest BCUT2D eigenvalue weighted by atomic mass is 10.0. The highest BCUT2D eigenvalue weighted by atomic mass is 19.1. The van der Waals surface area contributed by atoms with Gasteiger partial charge in [0.1, 0.15) is 11.6 Å². The Hall–Kier alpha value is -4.65. The number of para-hydroxylation sites is 2. The van der Waals surface area contributed by atoms with Crippen molar-refractivity contribution in [3.05, 3.63) is 132 Å². The van der Waals surface area contributed by atoms with Crippen LogP contribution in [0, 0.1) is 5.82 Å². The van der Waals surface area contributed by atoms with Gasteiger partial charge in [-0.15, -0.1) is 0 Å². The van der Waals surface area contributed by atoms with E-state index in [1.807, 2.05) is 89.7 Å². The first-order valence-corrected chi connectivity index (χ1v) is 12.4. The summed E-state index contributed by atoms with van der Waals surface area (Å²) in [5, 5.41) is 8.01. The summed E-state index contributed by atoms with van der Waals surface area (Å²) in [5.74, 6) is 0.546. The minimum Gasteiger partial charge on any atom is -0.308 e. The number of hydrogen-bond acceptors (Lipinski definition) is 2. The Labute approximate surface area is 214 Å². The number of benzene rings is 3. The standard InChI is InChI=1S/C30H26FN5O/c1-2-26-25-20-35(30(37)32-23-13-5-3-6-14-23)28(21-11-9-12-22(31)19-21)27-17-10-18-34(27)29(25)36(33-26)24-15-7-4-8-16-24/h3-19,28H,2,20H2,1H3,(H,32,37)/t28-/m1/s1. The molecule has 0 aliphatic carbocycles. The van der Waals surface area contributed by atoms with Crippen molar-refractivity contribution >= 4 is 11.7 Å². The first kappa shape index (κ1) is 22.8. The van der Waals surface area contributed by atoms with Crippen LogP contribution in [0.4, 0.5) is 14.9 Å². The van der Waals surface area contributed by atoms with Gasteiger partial charge >= 0.3 is 6.03 Å². The summed E-state index contributed by atoms with van der Waals surface area (Å²) in [7, 11) is 0. The van der Waals surface area contributed by atoms with Crippen LogP contribution in [0.5, 0.6) is 0 Å². The van der Waals surface area contributed by atoms with Gasteiger partial charge in [0.25, 0.3) is 0 Å². The molecule has 184 valence electrons. The van der Waals surface area contributed by atoms with Crippen LogP contribution in [-0.2, 0) is 13.0 Å². The highest BCUT2D eigenvalue weighted by Crippen LogP contribution is 2.39. The number of urea groups is 1. The van der Waals surface area contributed by atoms with Crippen molar-refractivity contribution in [2.75, 3.05) is 5.32 Å². The molecule has 6 nitrogen and oxygen atoms in total. The number of fused-ring (bicyclic) bond motifs is 3. The summed E-state index contributed by atoms with van der Waals surface area (Å²) >= 11 is 0. The monoisotopic (exact) mass is 491 g/mol. The third-order valence-electron chi connectivity index (χ3n) is 6.75. The van der Waals surface area contributed by atoms with Gasteiger partial charge in [-0.3, -0.25) is 0 Å². The number of amides is 2. The van der Waals surface area contributed by atoms with E-state index in [4.69, 9.17) is 5.10 Å². The SMILES string of the molecule is CCc1nn(-c2ccccc2)c2c1CN(C(=O)Nc1ccccc1)[C@H](c1cccc(F)c1)c1cccn1-2. The minimum absolute atomic E-state index is 0.268. The van der Waals surface area contributed by atoms with Gasteiger partial charge in [0.2, 0.25) is 0 Å². The second kappa shape index (κ2) is 9.43. The topological polar surface area (TPSA) is 55.1 Å². The molecule has 2 aromatic heterocycles. The Balaban J connectivity index is 1.57. The zero-order valence-electron chi connectivity index (χ0n) is 20.4. The van der Waals surface area contributed by atoms with E-state index in [0.29, 0.717) is 24.2 Å². The number of aryl methyl sites for hydroxylation is 1. The maximum atomic E-state index is 14.5. The first-order valence-electron chi connectivity index (χ1n) is 12.4. The molecular formula is C30H26FN5O. The third kappa shape index (κ3) is 4.08. The van der Waals surface area contributed by atoms with Gasteiger partial charge in [-0.25, -0.2) is 13.9 Å². The summed E-state index contributed by atoms with van der Waals surface area (Å²) in [6, 6.07) is 29.0. The van der Waals surface area contributed by atoms with E-state index in [2.05, 4.69) is 16.8 Å². The lowest BCUT2D eigenvalue weighted by molar-refractivity contribution is 0.194. The maximum Gasteiger partial charge on any atom is 0.322 e. The van der Waals surface area contributed by atoms with Gasteiger partial charge in [0.15, 0.2) is 0 Å². The fourth-order valence-electron chi connectivity index (χ4n) is 5.09. The molecule has 2 amide bonds. The number of hydrogen-bond donors (Lipinski definition) is 1. The van der Waals surface area contributed by atoms with Crippen molar-refractivity contribution in [3.63, 3.8) is 0 Å².